The van der Waals surface area contributed by atoms with Crippen molar-refractivity contribution in [2.24, 2.45) is 11.8 Å². The molecule has 0 spiro atoms. The molecule has 28 heteroatoms. The molecule has 4 rings (SSSR count). The first-order chi connectivity index (χ1) is 43.3. The summed E-state index contributed by atoms with van der Waals surface area (Å²) < 4.78 is 56.0. The van der Waals surface area contributed by atoms with Crippen LogP contribution in [-0.4, -0.2) is 152 Å². The number of hydrogen-bond donors (Lipinski definition) is 2. The summed E-state index contributed by atoms with van der Waals surface area (Å²) in [4.78, 5) is 90.7. The van der Waals surface area contributed by atoms with Crippen LogP contribution in [0.5, 0.6) is 46.0 Å². The van der Waals surface area contributed by atoms with Crippen molar-refractivity contribution in [3.05, 3.63) is 115 Å². The maximum Gasteiger partial charge on any atom is 0.421 e. The van der Waals surface area contributed by atoms with E-state index in [2.05, 4.69) is 42.2 Å². The molecule has 2 N–H and O–H groups in total. The molecule has 0 aromatic heterocycles. The number of methoxy groups -OCH3 is 6. The lowest BCUT2D eigenvalue weighted by atomic mass is 9.92. The Bertz CT molecular complexity index is 2860. The van der Waals surface area contributed by atoms with Crippen LogP contribution in [0.25, 0.3) is 0 Å². The molecule has 6 unspecified atom stereocenters. The van der Waals surface area contributed by atoms with Crippen molar-refractivity contribution in [3.8, 4) is 58.1 Å². The lowest BCUT2D eigenvalue weighted by Crippen LogP contribution is -2.46. The van der Waals surface area contributed by atoms with E-state index >= 15 is 0 Å². The Balaban J connectivity index is 1.73. The summed E-state index contributed by atoms with van der Waals surface area (Å²) in [6.07, 6.45) is 1.24. The quantitative estimate of drug-likeness (QED) is 0.0109. The predicted molar refractivity (Wildman–Crippen MR) is 323 cm³/mol. The van der Waals surface area contributed by atoms with Gasteiger partial charge in [0.05, 0.1) is 54.8 Å². The SMILES string of the molecule is CCCC(C#N)CCC(c1ccc(OC)c(OC(OC(=O)C(=O)OC(Oc2cc(C(CCC(C#N)CCC)N(C)CCc3ccc(OC)c(OC)c3)ccc2OC)C(=O)NCCO[N+](=O)[O-])C(=O)NCCO[N+](=O)[O-])c1)N(C)CCc1ccc(OC)c(OC)c1. The second kappa shape index (κ2) is 38.7. The zero-order valence-electron chi connectivity index (χ0n) is 52.6. The Labute approximate surface area is 523 Å². The van der Waals surface area contributed by atoms with Gasteiger partial charge < -0.3 is 67.7 Å². The van der Waals surface area contributed by atoms with E-state index in [1.807, 2.05) is 52.2 Å². The largest absolute Gasteiger partial charge is 0.493 e. The van der Waals surface area contributed by atoms with Crippen LogP contribution in [0.1, 0.15) is 99.6 Å². The molecule has 2 amide bonds. The topological polar surface area (TPSA) is 343 Å². The number of carbonyl (C=O) groups is 4. The Kier molecular flexibility index (Phi) is 31.3. The number of esters is 2. The molecule has 0 aliphatic rings. The van der Waals surface area contributed by atoms with Crippen molar-refractivity contribution in [2.75, 3.05) is 96.1 Å². The molecular weight excluding hydrogens is 1180 g/mol. The first kappa shape index (κ1) is 72.9. The number of amides is 2. The van der Waals surface area contributed by atoms with Crippen LogP contribution < -0.4 is 48.5 Å². The van der Waals surface area contributed by atoms with Gasteiger partial charge in [0.2, 0.25) is 0 Å². The Morgan fingerprint density at radius 1 is 0.500 bits per heavy atom. The predicted octanol–water partition coefficient (Wildman–Crippen LogP) is 7.45. The van der Waals surface area contributed by atoms with Gasteiger partial charge in [-0.15, -0.1) is 20.2 Å². The summed E-state index contributed by atoms with van der Waals surface area (Å²) in [6, 6.07) is 24.9. The van der Waals surface area contributed by atoms with Crippen molar-refractivity contribution in [3.63, 3.8) is 0 Å². The minimum atomic E-state index is -2.37. The van der Waals surface area contributed by atoms with Gasteiger partial charge in [0, 0.05) is 50.1 Å². The Hall–Kier alpha value is -9.54. The molecule has 0 radical (unpaired) electrons. The third-order valence-electron chi connectivity index (χ3n) is 14.5. The van der Waals surface area contributed by atoms with E-state index in [0.29, 0.717) is 98.6 Å². The van der Waals surface area contributed by atoms with Crippen LogP contribution in [0.15, 0.2) is 72.8 Å². The molecule has 4 aromatic rings. The van der Waals surface area contributed by atoms with Crippen LogP contribution in [0.3, 0.4) is 0 Å². The molecule has 0 aliphatic carbocycles. The van der Waals surface area contributed by atoms with Gasteiger partial charge in [-0.2, -0.15) is 10.5 Å². The van der Waals surface area contributed by atoms with Crippen LogP contribution in [0.2, 0.25) is 0 Å². The van der Waals surface area contributed by atoms with E-state index in [4.69, 9.17) is 47.4 Å². The molecule has 0 fully saturated rings. The van der Waals surface area contributed by atoms with Crippen molar-refractivity contribution < 1.29 is 86.4 Å². The second-order valence-corrected chi connectivity index (χ2v) is 20.5. The monoisotopic (exact) mass is 1260 g/mol. The first-order valence-electron chi connectivity index (χ1n) is 29.1. The number of benzene rings is 4. The van der Waals surface area contributed by atoms with Crippen LogP contribution in [-0.2, 0) is 51.2 Å². The summed E-state index contributed by atoms with van der Waals surface area (Å²) >= 11 is 0. The fraction of sp³-hybridized carbons (Fsp3) is 0.516. The van der Waals surface area contributed by atoms with E-state index in [1.165, 1.54) is 26.4 Å². The highest BCUT2D eigenvalue weighted by molar-refractivity contribution is 6.30. The maximum atomic E-state index is 14.0. The number of nitriles is 2. The Morgan fingerprint density at radius 3 is 1.17 bits per heavy atom. The molecule has 490 valence electrons. The average Bonchev–Trinajstić information content (AvgIpc) is 1.03. The maximum absolute atomic E-state index is 14.0. The van der Waals surface area contributed by atoms with Crippen LogP contribution in [0.4, 0.5) is 0 Å². The van der Waals surface area contributed by atoms with E-state index in [-0.39, 0.29) is 34.8 Å². The summed E-state index contributed by atoms with van der Waals surface area (Å²) in [5.41, 5.74) is 3.12. The third-order valence-corrected chi connectivity index (χ3v) is 14.5. The third kappa shape index (κ3) is 23.2. The smallest absolute Gasteiger partial charge is 0.421 e. The number of carbonyl (C=O) groups excluding carboxylic acids is 4. The summed E-state index contributed by atoms with van der Waals surface area (Å²) in [5, 5.41) is 44.4. The van der Waals surface area contributed by atoms with Gasteiger partial charge in [-0.25, -0.2) is 9.59 Å². The standard InChI is InChI=1S/C62H82N8O20/c1-11-13-43(39-63)15-21-47(67(3)31-27-41-17-23-49(79-5)53(35-41)83-9)45-19-25-51(81-7)55(37-45)87-61(57(71)65-29-33-85-69(75)76)89-59(73)60(74)90-62(58(72)66-30-34-86-70(77)78)88-56-38-46(20-26-52(56)82-8)48(22-16-44(40-64)14-12-2)68(4)32-28-42-18-24-50(80-6)54(36-42)84-10/h17-20,23-26,35-38,43-44,47-48,61-62H,11-16,21-22,27-34H2,1-10H3,(H,65,71)(H,66,72). The van der Waals surface area contributed by atoms with Gasteiger partial charge in [-0.3, -0.25) is 19.4 Å². The van der Waals surface area contributed by atoms with Crippen molar-refractivity contribution in [1.82, 2.24) is 20.4 Å². The summed E-state index contributed by atoms with van der Waals surface area (Å²) in [7, 11) is 12.6. The number of nitrogens with zero attached hydrogens (tertiary/aromatic N) is 6. The highest BCUT2D eigenvalue weighted by atomic mass is 17.0. The van der Waals surface area contributed by atoms with Gasteiger partial charge in [-0.1, -0.05) is 51.0 Å². The summed E-state index contributed by atoms with van der Waals surface area (Å²) in [6.45, 7) is 2.64. The van der Waals surface area contributed by atoms with E-state index in [1.54, 1.807) is 64.8 Å². The van der Waals surface area contributed by atoms with Gasteiger partial charge in [0.15, 0.2) is 46.0 Å². The van der Waals surface area contributed by atoms with Crippen LogP contribution >= 0.6 is 0 Å². The highest BCUT2D eigenvalue weighted by Gasteiger charge is 2.36. The lowest BCUT2D eigenvalue weighted by Gasteiger charge is -2.30. The molecule has 0 heterocycles. The molecule has 0 bridgehead atoms. The van der Waals surface area contributed by atoms with E-state index in [9.17, 15) is 49.9 Å². The molecule has 6 atom stereocenters. The number of ether oxygens (including phenoxy) is 10. The minimum Gasteiger partial charge on any atom is -0.493 e. The normalized spacial score (nSPS) is 12.9. The summed E-state index contributed by atoms with van der Waals surface area (Å²) in [5.74, 6) is -4.90. The van der Waals surface area contributed by atoms with Crippen molar-refractivity contribution in [1.29, 1.82) is 10.5 Å². The van der Waals surface area contributed by atoms with Crippen molar-refractivity contribution in [2.45, 2.75) is 103 Å². The molecule has 0 saturated heterocycles. The van der Waals surface area contributed by atoms with Gasteiger partial charge in [0.1, 0.15) is 13.2 Å². The number of hydrogen-bond acceptors (Lipinski definition) is 24. The zero-order chi connectivity index (χ0) is 66.1. The fourth-order valence-electron chi connectivity index (χ4n) is 9.76. The number of likely N-dealkylation sites (N-methyl/N-ethyl adjacent to an activating group) is 2. The van der Waals surface area contributed by atoms with E-state index in [0.717, 1.165) is 24.0 Å². The van der Waals surface area contributed by atoms with Crippen LogP contribution in [0, 0.1) is 54.7 Å². The average molecular weight is 1260 g/mol. The Morgan fingerprint density at radius 2 is 0.844 bits per heavy atom. The van der Waals surface area contributed by atoms with Gasteiger partial charge in [-0.05, 0) is 136 Å². The number of nitrogens with one attached hydrogen (secondary N) is 2. The van der Waals surface area contributed by atoms with E-state index < -0.39 is 84.9 Å². The molecule has 0 aliphatic heterocycles. The van der Waals surface area contributed by atoms with Crippen molar-refractivity contribution >= 4 is 23.8 Å². The minimum absolute atomic E-state index is 0.0269. The number of rotatable bonds is 42. The lowest BCUT2D eigenvalue weighted by molar-refractivity contribution is -0.757. The fourth-order valence-corrected chi connectivity index (χ4v) is 9.76. The molecule has 4 aromatic carbocycles. The van der Waals surface area contributed by atoms with Gasteiger partial charge in [0.25, 0.3) is 10.2 Å². The first-order valence-corrected chi connectivity index (χ1v) is 29.1. The zero-order valence-corrected chi connectivity index (χ0v) is 52.6. The molecule has 90 heavy (non-hydrogen) atoms. The molecular formula is C62H82N8O20. The molecule has 0 saturated carbocycles. The highest BCUT2D eigenvalue weighted by Crippen LogP contribution is 2.38. The molecule has 28 nitrogen and oxygen atoms in total. The van der Waals surface area contributed by atoms with Gasteiger partial charge >= 0.3 is 36.3 Å². The second-order valence-electron chi connectivity index (χ2n) is 20.5.